The van der Waals surface area contributed by atoms with E-state index >= 15 is 0 Å². The number of fused-ring (bicyclic) bond motifs is 2. The lowest BCUT2D eigenvalue weighted by molar-refractivity contribution is 0.0963. The van der Waals surface area contributed by atoms with E-state index in [2.05, 4.69) is 10.6 Å². The van der Waals surface area contributed by atoms with Gasteiger partial charge in [0.05, 0.1) is 5.56 Å². The van der Waals surface area contributed by atoms with Crippen molar-refractivity contribution < 1.29 is 14.0 Å². The SMILES string of the molecule is CNC(=O)c1c(NC(=O)c2cc3ccccc3oc2=O)sc2c1CCCCC2. The Balaban J connectivity index is 1.73. The zero-order chi connectivity index (χ0) is 19.7. The van der Waals surface area contributed by atoms with Crippen LogP contribution >= 0.6 is 11.3 Å². The molecular weight excluding hydrogens is 376 g/mol. The third-order valence-corrected chi connectivity index (χ3v) is 6.20. The smallest absolute Gasteiger partial charge is 0.349 e. The number of carbonyl (C=O) groups is 2. The van der Waals surface area contributed by atoms with E-state index in [1.54, 1.807) is 25.2 Å². The van der Waals surface area contributed by atoms with Crippen LogP contribution in [-0.2, 0) is 12.8 Å². The summed E-state index contributed by atoms with van der Waals surface area (Å²) in [5.41, 5.74) is 1.18. The molecule has 0 radical (unpaired) electrons. The Morgan fingerprint density at radius 1 is 1.07 bits per heavy atom. The molecule has 3 aromatic rings. The number of para-hydroxylation sites is 1. The first-order valence-corrected chi connectivity index (χ1v) is 10.1. The van der Waals surface area contributed by atoms with Gasteiger partial charge in [0.1, 0.15) is 16.1 Å². The highest BCUT2D eigenvalue weighted by atomic mass is 32.1. The maximum Gasteiger partial charge on any atom is 0.349 e. The maximum atomic E-state index is 12.8. The van der Waals surface area contributed by atoms with Gasteiger partial charge in [-0.25, -0.2) is 4.79 Å². The van der Waals surface area contributed by atoms with Gasteiger partial charge in [0.25, 0.3) is 11.8 Å². The van der Waals surface area contributed by atoms with E-state index < -0.39 is 11.5 Å². The van der Waals surface area contributed by atoms with E-state index in [1.807, 2.05) is 6.07 Å². The van der Waals surface area contributed by atoms with Crippen LogP contribution in [0.5, 0.6) is 0 Å². The quantitative estimate of drug-likeness (QED) is 0.521. The van der Waals surface area contributed by atoms with Crippen LogP contribution in [0.4, 0.5) is 5.00 Å². The van der Waals surface area contributed by atoms with E-state index in [1.165, 1.54) is 17.4 Å². The number of nitrogens with one attached hydrogen (secondary N) is 2. The molecule has 0 atom stereocenters. The van der Waals surface area contributed by atoms with Crippen LogP contribution in [0.2, 0.25) is 0 Å². The van der Waals surface area contributed by atoms with Crippen molar-refractivity contribution >= 4 is 39.1 Å². The van der Waals surface area contributed by atoms with Crippen LogP contribution in [0.15, 0.2) is 39.5 Å². The molecule has 0 saturated carbocycles. The van der Waals surface area contributed by atoms with Crippen LogP contribution in [0.3, 0.4) is 0 Å². The van der Waals surface area contributed by atoms with Gasteiger partial charge in [0, 0.05) is 17.3 Å². The molecule has 0 aliphatic heterocycles. The van der Waals surface area contributed by atoms with Crippen LogP contribution in [0, 0.1) is 0 Å². The largest absolute Gasteiger partial charge is 0.422 e. The summed E-state index contributed by atoms with van der Waals surface area (Å²) in [6, 6.07) is 8.55. The summed E-state index contributed by atoms with van der Waals surface area (Å²) in [5.74, 6) is -0.790. The number of hydrogen-bond donors (Lipinski definition) is 2. The molecule has 0 saturated heterocycles. The van der Waals surface area contributed by atoms with Crippen molar-refractivity contribution in [3.63, 3.8) is 0 Å². The van der Waals surface area contributed by atoms with Gasteiger partial charge in [-0.1, -0.05) is 24.6 Å². The molecule has 0 fully saturated rings. The number of hydrogen-bond acceptors (Lipinski definition) is 5. The summed E-state index contributed by atoms with van der Waals surface area (Å²) >= 11 is 1.43. The molecule has 7 heteroatoms. The third-order valence-electron chi connectivity index (χ3n) is 4.99. The molecule has 2 aromatic heterocycles. The summed E-state index contributed by atoms with van der Waals surface area (Å²) in [6.45, 7) is 0. The van der Waals surface area contributed by atoms with Gasteiger partial charge in [0.2, 0.25) is 0 Å². The molecule has 4 rings (SSSR count). The van der Waals surface area contributed by atoms with Crippen LogP contribution < -0.4 is 16.3 Å². The number of thiophene rings is 1. The van der Waals surface area contributed by atoms with Crippen molar-refractivity contribution in [3.8, 4) is 0 Å². The Hall–Kier alpha value is -2.93. The highest BCUT2D eigenvalue weighted by Gasteiger charge is 2.26. The van der Waals surface area contributed by atoms with E-state index in [0.29, 0.717) is 21.5 Å². The molecule has 0 spiro atoms. The fourth-order valence-electron chi connectivity index (χ4n) is 3.59. The molecule has 1 aromatic carbocycles. The van der Waals surface area contributed by atoms with Crippen molar-refractivity contribution in [2.24, 2.45) is 0 Å². The summed E-state index contributed by atoms with van der Waals surface area (Å²) in [6.07, 6.45) is 4.95. The Morgan fingerprint density at radius 2 is 1.86 bits per heavy atom. The van der Waals surface area contributed by atoms with Crippen molar-refractivity contribution in [1.82, 2.24) is 5.32 Å². The van der Waals surface area contributed by atoms with Crippen molar-refractivity contribution in [2.45, 2.75) is 32.1 Å². The van der Waals surface area contributed by atoms with Gasteiger partial charge >= 0.3 is 5.63 Å². The minimum absolute atomic E-state index is 0.0786. The zero-order valence-electron chi connectivity index (χ0n) is 15.5. The Morgan fingerprint density at radius 3 is 2.68 bits per heavy atom. The topological polar surface area (TPSA) is 88.4 Å². The Labute approximate surface area is 165 Å². The summed E-state index contributed by atoms with van der Waals surface area (Å²) < 4.78 is 5.26. The average Bonchev–Trinajstić information content (AvgIpc) is 2.87. The van der Waals surface area contributed by atoms with Gasteiger partial charge in [0.15, 0.2) is 0 Å². The number of aryl methyl sites for hydroxylation is 1. The molecule has 0 unspecified atom stereocenters. The summed E-state index contributed by atoms with van der Waals surface area (Å²) in [4.78, 5) is 38.7. The predicted molar refractivity (Wildman–Crippen MR) is 109 cm³/mol. The minimum atomic E-state index is -0.698. The lowest BCUT2D eigenvalue weighted by Crippen LogP contribution is -2.24. The highest BCUT2D eigenvalue weighted by molar-refractivity contribution is 7.17. The molecule has 144 valence electrons. The van der Waals surface area contributed by atoms with Crippen molar-refractivity contribution in [2.75, 3.05) is 12.4 Å². The minimum Gasteiger partial charge on any atom is -0.422 e. The third kappa shape index (κ3) is 3.33. The lowest BCUT2D eigenvalue weighted by atomic mass is 10.0. The van der Waals surface area contributed by atoms with Gasteiger partial charge in [-0.05, 0) is 43.4 Å². The molecule has 6 nitrogen and oxygen atoms in total. The van der Waals surface area contributed by atoms with E-state index in [9.17, 15) is 14.4 Å². The number of amides is 2. The zero-order valence-corrected chi connectivity index (χ0v) is 16.3. The highest BCUT2D eigenvalue weighted by Crippen LogP contribution is 2.37. The van der Waals surface area contributed by atoms with Crippen molar-refractivity contribution in [3.05, 3.63) is 62.3 Å². The first-order chi connectivity index (χ1) is 13.6. The number of anilines is 1. The van der Waals surface area contributed by atoms with Crippen molar-refractivity contribution in [1.29, 1.82) is 0 Å². The van der Waals surface area contributed by atoms with Crippen LogP contribution in [-0.4, -0.2) is 18.9 Å². The van der Waals surface area contributed by atoms with Crippen LogP contribution in [0.25, 0.3) is 11.0 Å². The number of carbonyl (C=O) groups excluding carboxylic acids is 2. The fourth-order valence-corrected chi connectivity index (χ4v) is 4.87. The number of rotatable bonds is 3. The predicted octanol–water partition coefficient (Wildman–Crippen LogP) is 3.74. The molecule has 28 heavy (non-hydrogen) atoms. The molecule has 1 aliphatic rings. The molecule has 2 N–H and O–H groups in total. The fraction of sp³-hybridized carbons (Fsp3) is 0.286. The monoisotopic (exact) mass is 396 g/mol. The lowest BCUT2D eigenvalue weighted by Gasteiger charge is -2.08. The standard InChI is InChI=1S/C21H20N2O4S/c1-22-19(25)17-13-8-3-2-4-10-16(13)28-20(17)23-18(24)14-11-12-7-5-6-9-15(12)27-21(14)26/h5-7,9,11H,2-4,8,10H2,1H3,(H,22,25)(H,23,24). The second-order valence-electron chi connectivity index (χ2n) is 6.79. The van der Waals surface area contributed by atoms with Gasteiger partial charge in [-0.15, -0.1) is 11.3 Å². The van der Waals surface area contributed by atoms with E-state index in [-0.39, 0.29) is 11.5 Å². The Bertz CT molecular complexity index is 1130. The van der Waals surface area contributed by atoms with E-state index in [0.717, 1.165) is 42.5 Å². The summed E-state index contributed by atoms with van der Waals surface area (Å²) in [7, 11) is 1.58. The molecule has 1 aliphatic carbocycles. The van der Waals surface area contributed by atoms with Crippen LogP contribution in [0.1, 0.15) is 50.4 Å². The summed E-state index contributed by atoms with van der Waals surface area (Å²) in [5, 5.41) is 6.60. The van der Waals surface area contributed by atoms with Gasteiger partial charge in [-0.2, -0.15) is 0 Å². The normalized spacial score (nSPS) is 13.6. The van der Waals surface area contributed by atoms with E-state index in [4.69, 9.17) is 4.42 Å². The second kappa shape index (κ2) is 7.59. The molecular formula is C21H20N2O4S. The second-order valence-corrected chi connectivity index (χ2v) is 7.89. The molecule has 2 heterocycles. The average molecular weight is 396 g/mol. The van der Waals surface area contributed by atoms with Gasteiger partial charge < -0.3 is 15.1 Å². The maximum absolute atomic E-state index is 12.8. The Kier molecular flexibility index (Phi) is 5.00. The number of benzene rings is 1. The molecule has 2 amide bonds. The molecule has 0 bridgehead atoms. The first-order valence-electron chi connectivity index (χ1n) is 9.29. The van der Waals surface area contributed by atoms with Gasteiger partial charge in [-0.3, -0.25) is 9.59 Å². The first kappa shape index (κ1) is 18.4.